The van der Waals surface area contributed by atoms with E-state index in [1.807, 2.05) is 6.07 Å². The van der Waals surface area contributed by atoms with Gasteiger partial charge in [-0.3, -0.25) is 4.79 Å². The monoisotopic (exact) mass is 398 g/mol. The maximum Gasteiger partial charge on any atom is 0.306 e. The fourth-order valence-corrected chi connectivity index (χ4v) is 3.84. The van der Waals surface area contributed by atoms with Crippen LogP contribution in [-0.4, -0.2) is 25.7 Å². The standard InChI is InChI=1S/C24H31FN2O2/c1-3-13-27-14-5-6-20-8-7-18(15-23(20)27)17-26-21-11-9-19(22(25)16-21)10-12-24(28)29-4-2/h7-9,11,15-16,26H,3-6,10,12-14,17H2,1-2H3. The van der Waals surface area contributed by atoms with Crippen molar-refractivity contribution in [2.75, 3.05) is 29.9 Å². The minimum atomic E-state index is -0.293. The highest BCUT2D eigenvalue weighted by atomic mass is 19.1. The number of carbonyl (C=O) groups excluding carboxylic acids is 1. The average Bonchev–Trinajstić information content (AvgIpc) is 2.72. The van der Waals surface area contributed by atoms with Crippen molar-refractivity contribution in [1.82, 2.24) is 0 Å². The second kappa shape index (κ2) is 10.3. The number of hydrogen-bond donors (Lipinski definition) is 1. The average molecular weight is 399 g/mol. The van der Waals surface area contributed by atoms with Gasteiger partial charge in [0.05, 0.1) is 6.61 Å². The number of ether oxygens (including phenoxy) is 1. The van der Waals surface area contributed by atoms with Crippen LogP contribution in [0.2, 0.25) is 0 Å². The molecule has 0 fully saturated rings. The Morgan fingerprint density at radius 1 is 1.21 bits per heavy atom. The molecular weight excluding hydrogens is 367 g/mol. The fourth-order valence-electron chi connectivity index (χ4n) is 3.84. The second-order valence-electron chi connectivity index (χ2n) is 7.52. The second-order valence-corrected chi connectivity index (χ2v) is 7.52. The lowest BCUT2D eigenvalue weighted by atomic mass is 9.99. The molecule has 0 spiro atoms. The zero-order chi connectivity index (χ0) is 20.6. The quantitative estimate of drug-likeness (QED) is 0.597. The predicted octanol–water partition coefficient (Wildman–Crippen LogP) is 5.10. The predicted molar refractivity (Wildman–Crippen MR) is 116 cm³/mol. The summed E-state index contributed by atoms with van der Waals surface area (Å²) in [6.07, 6.45) is 4.04. The third kappa shape index (κ3) is 5.72. The van der Waals surface area contributed by atoms with Crippen LogP contribution in [0.4, 0.5) is 15.8 Å². The number of nitrogens with zero attached hydrogens (tertiary/aromatic N) is 1. The number of fused-ring (bicyclic) bond motifs is 1. The lowest BCUT2D eigenvalue weighted by Crippen LogP contribution is -2.30. The SMILES string of the molecule is CCCN1CCCc2ccc(CNc3ccc(CCC(=O)OCC)c(F)c3)cc21. The van der Waals surface area contributed by atoms with Crippen molar-refractivity contribution in [3.05, 3.63) is 58.9 Å². The topological polar surface area (TPSA) is 41.6 Å². The van der Waals surface area contributed by atoms with Crippen molar-refractivity contribution >= 4 is 17.3 Å². The first kappa shape index (κ1) is 21.2. The highest BCUT2D eigenvalue weighted by Gasteiger charge is 2.16. The molecule has 4 nitrogen and oxygen atoms in total. The van der Waals surface area contributed by atoms with Gasteiger partial charge in [0, 0.05) is 37.4 Å². The summed E-state index contributed by atoms with van der Waals surface area (Å²) in [5.41, 5.74) is 5.24. The number of hydrogen-bond acceptors (Lipinski definition) is 4. The summed E-state index contributed by atoms with van der Waals surface area (Å²) in [5.74, 6) is -0.586. The maximum atomic E-state index is 14.4. The summed E-state index contributed by atoms with van der Waals surface area (Å²) in [6.45, 7) is 7.18. The minimum absolute atomic E-state index is 0.195. The third-order valence-corrected chi connectivity index (χ3v) is 5.31. The van der Waals surface area contributed by atoms with E-state index in [0.29, 0.717) is 25.1 Å². The van der Waals surface area contributed by atoms with E-state index < -0.39 is 0 Å². The van der Waals surface area contributed by atoms with Crippen molar-refractivity contribution in [2.45, 2.75) is 52.5 Å². The van der Waals surface area contributed by atoms with Gasteiger partial charge in [-0.25, -0.2) is 4.39 Å². The number of aryl methyl sites for hydroxylation is 2. The summed E-state index contributed by atoms with van der Waals surface area (Å²) < 4.78 is 19.3. The molecule has 0 unspecified atom stereocenters. The molecule has 2 aromatic carbocycles. The van der Waals surface area contributed by atoms with Crippen LogP contribution in [0.1, 0.15) is 49.8 Å². The van der Waals surface area contributed by atoms with Gasteiger partial charge < -0.3 is 15.0 Å². The highest BCUT2D eigenvalue weighted by Crippen LogP contribution is 2.29. The van der Waals surface area contributed by atoms with Gasteiger partial charge >= 0.3 is 5.97 Å². The van der Waals surface area contributed by atoms with Gasteiger partial charge in [0.2, 0.25) is 0 Å². The molecule has 2 aromatic rings. The van der Waals surface area contributed by atoms with Crippen LogP contribution >= 0.6 is 0 Å². The normalized spacial score (nSPS) is 13.1. The van der Waals surface area contributed by atoms with Crippen LogP contribution in [0.5, 0.6) is 0 Å². The summed E-state index contributed by atoms with van der Waals surface area (Å²) >= 11 is 0. The molecule has 0 aromatic heterocycles. The molecule has 3 rings (SSSR count). The maximum absolute atomic E-state index is 14.4. The molecule has 0 saturated heterocycles. The first-order chi connectivity index (χ1) is 14.1. The molecule has 0 aliphatic carbocycles. The summed E-state index contributed by atoms with van der Waals surface area (Å²) in [7, 11) is 0. The van der Waals surface area contributed by atoms with Crippen LogP contribution < -0.4 is 10.2 Å². The van der Waals surface area contributed by atoms with Gasteiger partial charge in [-0.05, 0) is 67.5 Å². The highest BCUT2D eigenvalue weighted by molar-refractivity contribution is 5.69. The lowest BCUT2D eigenvalue weighted by molar-refractivity contribution is -0.143. The Morgan fingerprint density at radius 2 is 2.07 bits per heavy atom. The molecule has 0 radical (unpaired) electrons. The van der Waals surface area contributed by atoms with E-state index >= 15 is 0 Å². The molecular formula is C24H31FN2O2. The Hall–Kier alpha value is -2.56. The molecule has 0 amide bonds. The summed E-state index contributed by atoms with van der Waals surface area (Å²) in [4.78, 5) is 13.9. The number of rotatable bonds is 9. The van der Waals surface area contributed by atoms with E-state index in [1.54, 1.807) is 13.0 Å². The molecule has 0 atom stereocenters. The first-order valence-corrected chi connectivity index (χ1v) is 10.7. The van der Waals surface area contributed by atoms with E-state index in [-0.39, 0.29) is 18.2 Å². The van der Waals surface area contributed by atoms with Crippen LogP contribution in [0.25, 0.3) is 0 Å². The van der Waals surface area contributed by atoms with Crippen molar-refractivity contribution in [2.24, 2.45) is 0 Å². The number of carbonyl (C=O) groups is 1. The minimum Gasteiger partial charge on any atom is -0.466 e. The number of nitrogens with one attached hydrogen (secondary N) is 1. The van der Waals surface area contributed by atoms with Crippen LogP contribution in [0, 0.1) is 5.82 Å². The van der Waals surface area contributed by atoms with Gasteiger partial charge in [-0.15, -0.1) is 0 Å². The number of benzene rings is 2. The van der Waals surface area contributed by atoms with Gasteiger partial charge in [-0.1, -0.05) is 25.1 Å². The zero-order valence-corrected chi connectivity index (χ0v) is 17.5. The van der Waals surface area contributed by atoms with Crippen LogP contribution in [-0.2, 0) is 28.9 Å². The molecule has 156 valence electrons. The Balaban J connectivity index is 1.61. The van der Waals surface area contributed by atoms with Gasteiger partial charge in [-0.2, -0.15) is 0 Å². The molecule has 1 N–H and O–H groups in total. The van der Waals surface area contributed by atoms with E-state index in [1.165, 1.54) is 29.3 Å². The number of anilines is 2. The fraction of sp³-hybridized carbons (Fsp3) is 0.458. The van der Waals surface area contributed by atoms with Crippen molar-refractivity contribution in [3.63, 3.8) is 0 Å². The van der Waals surface area contributed by atoms with Crippen molar-refractivity contribution in [3.8, 4) is 0 Å². The molecule has 1 aliphatic heterocycles. The Labute approximate surface area is 173 Å². The number of esters is 1. The Bertz CT molecular complexity index is 838. The summed E-state index contributed by atoms with van der Waals surface area (Å²) in [5, 5.41) is 3.32. The molecule has 0 saturated carbocycles. The van der Waals surface area contributed by atoms with Gasteiger partial charge in [0.1, 0.15) is 5.82 Å². The van der Waals surface area contributed by atoms with Crippen molar-refractivity contribution < 1.29 is 13.9 Å². The molecule has 5 heteroatoms. The van der Waals surface area contributed by atoms with Crippen LogP contribution in [0.15, 0.2) is 36.4 Å². The van der Waals surface area contributed by atoms with E-state index in [9.17, 15) is 9.18 Å². The largest absolute Gasteiger partial charge is 0.466 e. The van der Waals surface area contributed by atoms with Crippen LogP contribution in [0.3, 0.4) is 0 Å². The first-order valence-electron chi connectivity index (χ1n) is 10.7. The Kier molecular flexibility index (Phi) is 7.50. The molecule has 1 heterocycles. The Morgan fingerprint density at radius 3 is 2.83 bits per heavy atom. The zero-order valence-electron chi connectivity index (χ0n) is 17.5. The van der Waals surface area contributed by atoms with E-state index in [2.05, 4.69) is 35.3 Å². The molecule has 29 heavy (non-hydrogen) atoms. The molecule has 0 bridgehead atoms. The van der Waals surface area contributed by atoms with Gasteiger partial charge in [0.15, 0.2) is 0 Å². The summed E-state index contributed by atoms with van der Waals surface area (Å²) in [6, 6.07) is 11.8. The van der Waals surface area contributed by atoms with E-state index in [0.717, 1.165) is 31.6 Å². The lowest BCUT2D eigenvalue weighted by Gasteiger charge is -2.31. The van der Waals surface area contributed by atoms with E-state index in [4.69, 9.17) is 4.74 Å². The smallest absolute Gasteiger partial charge is 0.306 e. The molecule has 1 aliphatic rings. The van der Waals surface area contributed by atoms with Gasteiger partial charge in [0.25, 0.3) is 0 Å². The number of halogens is 1. The third-order valence-electron chi connectivity index (χ3n) is 5.31. The van der Waals surface area contributed by atoms with Crippen molar-refractivity contribution in [1.29, 1.82) is 0 Å².